The minimum absolute atomic E-state index is 0.0110. The summed E-state index contributed by atoms with van der Waals surface area (Å²) in [7, 11) is 0. The predicted molar refractivity (Wildman–Crippen MR) is 130 cm³/mol. The summed E-state index contributed by atoms with van der Waals surface area (Å²) in [6, 6.07) is 0. The minimum atomic E-state index is -0.710. The normalized spacial score (nSPS) is 10.6. The van der Waals surface area contributed by atoms with Crippen molar-refractivity contribution in [3.63, 3.8) is 0 Å². The van der Waals surface area contributed by atoms with E-state index in [4.69, 9.17) is 9.47 Å². The number of esters is 2. The number of hydrogen-bond donors (Lipinski definition) is 2. The third-order valence-electron chi connectivity index (χ3n) is 3.90. The number of nitrogens with one attached hydrogen (secondary N) is 2. The highest BCUT2D eigenvalue weighted by Gasteiger charge is 2.32. The van der Waals surface area contributed by atoms with Crippen molar-refractivity contribution >= 4 is 83.6 Å². The monoisotopic (exact) mass is 536 g/mol. The van der Waals surface area contributed by atoms with Crippen LogP contribution in [0.2, 0.25) is 0 Å². The van der Waals surface area contributed by atoms with Gasteiger partial charge in [-0.1, -0.05) is 22.7 Å². The molecule has 0 saturated heterocycles. The van der Waals surface area contributed by atoms with Gasteiger partial charge in [0.05, 0.1) is 13.2 Å². The fraction of sp³-hybridized carbons (Fsp3) is 0.211. The molecule has 0 fully saturated rings. The predicted octanol–water partition coefficient (Wildman–Crippen LogP) is 4.58. The first-order valence-corrected chi connectivity index (χ1v) is 13.1. The number of thiazole rings is 4. The second-order valence-corrected chi connectivity index (χ2v) is 9.88. The molecule has 0 aliphatic rings. The molecule has 0 aromatic carbocycles. The van der Waals surface area contributed by atoms with Crippen molar-refractivity contribution in [3.05, 3.63) is 44.3 Å². The van der Waals surface area contributed by atoms with Crippen molar-refractivity contribution in [1.29, 1.82) is 0 Å². The zero-order valence-corrected chi connectivity index (χ0v) is 21.0. The summed E-state index contributed by atoms with van der Waals surface area (Å²) in [5, 5.41) is 11.1. The van der Waals surface area contributed by atoms with Crippen LogP contribution in [-0.2, 0) is 9.47 Å². The molecule has 34 heavy (non-hydrogen) atoms. The number of aromatic nitrogens is 4. The SMILES string of the molecule is CCOC(=O)c1sc(Nc2nccs2)nc1C(=O)c1nc(Nc2nccs2)sc1C(=O)OCC. The zero-order valence-electron chi connectivity index (χ0n) is 17.7. The third-order valence-corrected chi connectivity index (χ3v) is 7.18. The lowest BCUT2D eigenvalue weighted by Crippen LogP contribution is -2.15. The molecule has 0 aliphatic carbocycles. The van der Waals surface area contributed by atoms with Crippen molar-refractivity contribution in [1.82, 2.24) is 19.9 Å². The number of nitrogens with zero attached hydrogens (tertiary/aromatic N) is 4. The molecule has 0 saturated carbocycles. The van der Waals surface area contributed by atoms with Crippen LogP contribution in [0.4, 0.5) is 20.5 Å². The summed E-state index contributed by atoms with van der Waals surface area (Å²) in [4.78, 5) is 55.5. The number of hydrogen-bond acceptors (Lipinski definition) is 15. The molecular formula is C19H16N6O5S4. The van der Waals surface area contributed by atoms with Crippen molar-refractivity contribution < 1.29 is 23.9 Å². The Kier molecular flexibility index (Phi) is 7.56. The molecule has 0 amide bonds. The van der Waals surface area contributed by atoms with Gasteiger partial charge in [-0.15, -0.1) is 22.7 Å². The van der Waals surface area contributed by atoms with Gasteiger partial charge in [0, 0.05) is 23.2 Å². The van der Waals surface area contributed by atoms with E-state index in [-0.39, 0.29) is 44.6 Å². The van der Waals surface area contributed by atoms with E-state index >= 15 is 0 Å². The lowest BCUT2D eigenvalue weighted by Gasteiger charge is -2.02. The second kappa shape index (κ2) is 10.8. The molecule has 0 atom stereocenters. The number of rotatable bonds is 10. The molecule has 2 N–H and O–H groups in total. The van der Waals surface area contributed by atoms with E-state index in [0.29, 0.717) is 10.3 Å². The lowest BCUT2D eigenvalue weighted by atomic mass is 10.1. The highest BCUT2D eigenvalue weighted by molar-refractivity contribution is 7.19. The number of ether oxygens (including phenoxy) is 2. The topological polar surface area (TPSA) is 145 Å². The van der Waals surface area contributed by atoms with Gasteiger partial charge in [-0.25, -0.2) is 29.5 Å². The van der Waals surface area contributed by atoms with Crippen LogP contribution in [0, 0.1) is 0 Å². The van der Waals surface area contributed by atoms with Crippen LogP contribution in [0.3, 0.4) is 0 Å². The zero-order chi connectivity index (χ0) is 24.1. The van der Waals surface area contributed by atoms with Crippen molar-refractivity contribution in [2.24, 2.45) is 0 Å². The smallest absolute Gasteiger partial charge is 0.350 e. The van der Waals surface area contributed by atoms with Crippen LogP contribution in [0.1, 0.15) is 49.4 Å². The Balaban J connectivity index is 1.74. The number of anilines is 4. The number of carbonyl (C=O) groups is 3. The first-order valence-electron chi connectivity index (χ1n) is 9.73. The van der Waals surface area contributed by atoms with Gasteiger partial charge < -0.3 is 20.1 Å². The van der Waals surface area contributed by atoms with Crippen molar-refractivity contribution in [2.75, 3.05) is 23.8 Å². The van der Waals surface area contributed by atoms with E-state index < -0.39 is 17.7 Å². The molecule has 11 nitrogen and oxygen atoms in total. The Bertz CT molecular complexity index is 1200. The average Bonchev–Trinajstić information content (AvgIpc) is 3.62. The van der Waals surface area contributed by atoms with Crippen LogP contribution in [0.25, 0.3) is 0 Å². The Hall–Kier alpha value is -3.27. The molecule has 0 radical (unpaired) electrons. The summed E-state index contributed by atoms with van der Waals surface area (Å²) < 4.78 is 10.2. The molecule has 176 valence electrons. The van der Waals surface area contributed by atoms with Crippen LogP contribution in [-0.4, -0.2) is 50.9 Å². The highest BCUT2D eigenvalue weighted by atomic mass is 32.1. The molecule has 4 rings (SSSR count). The highest BCUT2D eigenvalue weighted by Crippen LogP contribution is 2.33. The standard InChI is InChI=1S/C19H16N6O5S4/c1-3-29-14(27)12-9(22-18(33-12)24-16-20-5-7-31-16)11(26)10-13(15(28)30-4-2)34-19(23-10)25-17-21-6-8-32-17/h5-8H,3-4H2,1-2H3,(H,20,22,24)(H,21,23,25). The van der Waals surface area contributed by atoms with Crippen molar-refractivity contribution in [2.45, 2.75) is 13.8 Å². The maximum atomic E-state index is 13.5. The van der Waals surface area contributed by atoms with Crippen LogP contribution in [0.5, 0.6) is 0 Å². The Morgan fingerprint density at radius 1 is 0.765 bits per heavy atom. The van der Waals surface area contributed by atoms with E-state index in [0.717, 1.165) is 22.7 Å². The largest absolute Gasteiger partial charge is 0.462 e. The van der Waals surface area contributed by atoms with Crippen LogP contribution < -0.4 is 10.6 Å². The Morgan fingerprint density at radius 3 is 1.56 bits per heavy atom. The molecule has 0 spiro atoms. The van der Waals surface area contributed by atoms with Gasteiger partial charge in [-0.05, 0) is 13.8 Å². The number of ketones is 1. The molecule has 4 aromatic rings. The van der Waals surface area contributed by atoms with E-state index in [9.17, 15) is 14.4 Å². The van der Waals surface area contributed by atoms with Gasteiger partial charge in [0.15, 0.2) is 20.5 Å². The van der Waals surface area contributed by atoms with E-state index in [2.05, 4.69) is 30.6 Å². The van der Waals surface area contributed by atoms with Crippen molar-refractivity contribution in [3.8, 4) is 0 Å². The Labute approximate surface area is 208 Å². The van der Waals surface area contributed by atoms with Gasteiger partial charge in [0.25, 0.3) is 0 Å². The summed E-state index contributed by atoms with van der Waals surface area (Å²) in [5.41, 5.74) is -0.363. The fourth-order valence-corrected chi connectivity index (χ4v) is 5.49. The maximum absolute atomic E-state index is 13.5. The quantitative estimate of drug-likeness (QED) is 0.217. The Morgan fingerprint density at radius 2 is 1.21 bits per heavy atom. The first kappa shape index (κ1) is 23.9. The van der Waals surface area contributed by atoms with E-state index in [1.807, 2.05) is 0 Å². The molecular weight excluding hydrogens is 521 g/mol. The van der Waals surface area contributed by atoms with Gasteiger partial charge in [0.2, 0.25) is 5.78 Å². The van der Waals surface area contributed by atoms with E-state index in [1.54, 1.807) is 37.0 Å². The lowest BCUT2D eigenvalue weighted by molar-refractivity contribution is 0.0522. The molecule has 4 heterocycles. The van der Waals surface area contributed by atoms with Crippen LogP contribution >= 0.6 is 45.3 Å². The molecule has 4 aromatic heterocycles. The van der Waals surface area contributed by atoms with Gasteiger partial charge >= 0.3 is 11.9 Å². The minimum Gasteiger partial charge on any atom is -0.462 e. The summed E-state index contributed by atoms with van der Waals surface area (Å²) in [6.07, 6.45) is 3.22. The fourth-order valence-electron chi connectivity index (χ4n) is 2.59. The first-order chi connectivity index (χ1) is 16.5. The van der Waals surface area contributed by atoms with Gasteiger partial charge in [-0.3, -0.25) is 4.79 Å². The second-order valence-electron chi connectivity index (χ2n) is 6.09. The summed E-state index contributed by atoms with van der Waals surface area (Å²) >= 11 is 4.56. The van der Waals surface area contributed by atoms with Gasteiger partial charge in [-0.2, -0.15) is 0 Å². The molecule has 15 heteroatoms. The molecule has 0 unspecified atom stereocenters. The maximum Gasteiger partial charge on any atom is 0.350 e. The van der Waals surface area contributed by atoms with E-state index in [1.165, 1.54) is 22.7 Å². The number of carbonyl (C=O) groups excluding carboxylic acids is 3. The molecule has 0 bridgehead atoms. The summed E-state index contributed by atoms with van der Waals surface area (Å²) in [6.45, 7) is 3.55. The third kappa shape index (κ3) is 5.27. The van der Waals surface area contributed by atoms with Crippen LogP contribution in [0.15, 0.2) is 23.2 Å². The average molecular weight is 537 g/mol. The molecule has 0 aliphatic heterocycles. The van der Waals surface area contributed by atoms with Gasteiger partial charge in [0.1, 0.15) is 21.1 Å². The summed E-state index contributed by atoms with van der Waals surface area (Å²) in [5.74, 6) is -2.12.